The van der Waals surface area contributed by atoms with Crippen LogP contribution in [0.15, 0.2) is 18.2 Å². The highest BCUT2D eigenvalue weighted by Crippen LogP contribution is 2.29. The number of ether oxygens (including phenoxy) is 1. The number of hydrogen-bond donors (Lipinski definition) is 1. The third-order valence-corrected chi connectivity index (χ3v) is 4.77. The number of nitrogens with zero attached hydrogens (tertiary/aromatic N) is 3. The van der Waals surface area contributed by atoms with Gasteiger partial charge in [0.25, 0.3) is 0 Å². The van der Waals surface area contributed by atoms with Gasteiger partial charge in [-0.15, -0.1) is 0 Å². The Labute approximate surface area is 138 Å². The number of benzene rings is 1. The summed E-state index contributed by atoms with van der Waals surface area (Å²) in [4.78, 5) is 16.7. The van der Waals surface area contributed by atoms with Gasteiger partial charge in [-0.1, -0.05) is 11.3 Å². The molecule has 0 bridgehead atoms. The Morgan fingerprint density at radius 2 is 2.17 bits per heavy atom. The number of carbonyl (C=O) groups is 1. The lowest BCUT2D eigenvalue weighted by molar-refractivity contribution is -0.115. The highest BCUT2D eigenvalue weighted by atomic mass is 32.1. The Bertz CT molecular complexity index is 882. The van der Waals surface area contributed by atoms with E-state index in [0.717, 1.165) is 32.9 Å². The van der Waals surface area contributed by atoms with Gasteiger partial charge in [0.2, 0.25) is 5.91 Å². The number of rotatable bonds is 4. The Balaban J connectivity index is 1.77. The second kappa shape index (κ2) is 6.00. The average molecular weight is 330 g/mol. The van der Waals surface area contributed by atoms with Crippen LogP contribution in [0, 0.1) is 13.8 Å². The second-order valence-corrected chi connectivity index (χ2v) is 6.38. The number of methoxy groups -OCH3 is 1. The molecule has 2 heterocycles. The van der Waals surface area contributed by atoms with Gasteiger partial charge in [0, 0.05) is 18.3 Å². The Morgan fingerprint density at radius 3 is 2.83 bits per heavy atom. The molecular weight excluding hydrogens is 312 g/mol. The predicted octanol–water partition coefficient (Wildman–Crippen LogP) is 2.84. The topological polar surface area (TPSA) is 69.0 Å². The molecule has 1 N–H and O–H groups in total. The van der Waals surface area contributed by atoms with Crippen LogP contribution in [0.25, 0.3) is 10.2 Å². The van der Waals surface area contributed by atoms with E-state index in [-0.39, 0.29) is 5.91 Å². The first-order valence-electron chi connectivity index (χ1n) is 7.21. The lowest BCUT2D eigenvalue weighted by Crippen LogP contribution is -2.15. The van der Waals surface area contributed by atoms with Crippen LogP contribution < -0.4 is 10.1 Å². The first-order valence-corrected chi connectivity index (χ1v) is 8.03. The lowest BCUT2D eigenvalue weighted by atomic mass is 10.1. The summed E-state index contributed by atoms with van der Waals surface area (Å²) in [5, 5.41) is 7.80. The molecule has 0 fully saturated rings. The zero-order valence-electron chi connectivity index (χ0n) is 13.5. The molecule has 3 rings (SSSR count). The highest BCUT2D eigenvalue weighted by molar-refractivity contribution is 7.22. The van der Waals surface area contributed by atoms with Gasteiger partial charge in [-0.2, -0.15) is 5.10 Å². The van der Waals surface area contributed by atoms with Gasteiger partial charge in [0.1, 0.15) is 5.75 Å². The molecule has 1 aromatic carbocycles. The fourth-order valence-corrected chi connectivity index (χ4v) is 3.39. The van der Waals surface area contributed by atoms with Crippen molar-refractivity contribution in [2.75, 3.05) is 12.4 Å². The molecule has 3 aromatic rings. The molecule has 0 spiro atoms. The average Bonchev–Trinajstić information content (AvgIpc) is 3.01. The van der Waals surface area contributed by atoms with Crippen LogP contribution in [-0.2, 0) is 18.3 Å². The van der Waals surface area contributed by atoms with E-state index in [1.54, 1.807) is 11.8 Å². The van der Waals surface area contributed by atoms with Crippen molar-refractivity contribution in [1.82, 2.24) is 14.8 Å². The molecule has 0 atom stereocenters. The zero-order chi connectivity index (χ0) is 16.6. The lowest BCUT2D eigenvalue weighted by Gasteiger charge is -2.02. The number of thiazole rings is 1. The molecule has 0 aliphatic rings. The van der Waals surface area contributed by atoms with Crippen molar-refractivity contribution in [3.63, 3.8) is 0 Å². The maximum Gasteiger partial charge on any atom is 0.230 e. The number of nitrogens with one attached hydrogen (secondary N) is 1. The van der Waals surface area contributed by atoms with Gasteiger partial charge in [0.15, 0.2) is 5.13 Å². The van der Waals surface area contributed by atoms with E-state index in [9.17, 15) is 4.79 Å². The molecular formula is C16H18N4O2S. The summed E-state index contributed by atoms with van der Waals surface area (Å²) >= 11 is 1.44. The minimum absolute atomic E-state index is 0.0878. The van der Waals surface area contributed by atoms with Crippen molar-refractivity contribution in [1.29, 1.82) is 0 Å². The van der Waals surface area contributed by atoms with E-state index in [1.165, 1.54) is 11.3 Å². The Kier molecular flexibility index (Phi) is 4.04. The number of anilines is 1. The van der Waals surface area contributed by atoms with Gasteiger partial charge < -0.3 is 10.1 Å². The molecule has 23 heavy (non-hydrogen) atoms. The molecule has 0 aliphatic heterocycles. The number of aromatic nitrogens is 3. The SMILES string of the molecule is COc1ccc2nc(NC(=O)Cc3c(C)nn(C)c3C)sc2c1. The molecule has 0 radical (unpaired) electrons. The van der Waals surface area contributed by atoms with Crippen LogP contribution in [0.1, 0.15) is 17.0 Å². The normalized spacial score (nSPS) is 11.0. The fraction of sp³-hybridized carbons (Fsp3) is 0.312. The summed E-state index contributed by atoms with van der Waals surface area (Å²) in [6, 6.07) is 5.66. The summed E-state index contributed by atoms with van der Waals surface area (Å²) in [5.41, 5.74) is 3.70. The fourth-order valence-electron chi connectivity index (χ4n) is 2.48. The standard InChI is InChI=1S/C16H18N4O2S/c1-9-12(10(2)20(3)19-9)8-15(21)18-16-17-13-6-5-11(22-4)7-14(13)23-16/h5-7H,8H2,1-4H3,(H,17,18,21). The van der Waals surface area contributed by atoms with E-state index in [4.69, 9.17) is 4.74 Å². The molecule has 120 valence electrons. The van der Waals surface area contributed by atoms with Crippen LogP contribution in [-0.4, -0.2) is 27.8 Å². The molecule has 1 amide bonds. The molecule has 6 nitrogen and oxygen atoms in total. The maximum absolute atomic E-state index is 12.3. The van der Waals surface area contributed by atoms with E-state index in [1.807, 2.05) is 39.1 Å². The molecule has 0 saturated carbocycles. The van der Waals surface area contributed by atoms with Gasteiger partial charge >= 0.3 is 0 Å². The first-order chi connectivity index (χ1) is 11.0. The molecule has 2 aromatic heterocycles. The van der Waals surface area contributed by atoms with Crippen molar-refractivity contribution in [2.24, 2.45) is 7.05 Å². The minimum Gasteiger partial charge on any atom is -0.497 e. The predicted molar refractivity (Wildman–Crippen MR) is 91.2 cm³/mol. The van der Waals surface area contributed by atoms with Crippen LogP contribution in [0.2, 0.25) is 0 Å². The molecule has 0 aliphatic carbocycles. The van der Waals surface area contributed by atoms with Crippen molar-refractivity contribution in [3.8, 4) is 5.75 Å². The third kappa shape index (κ3) is 3.05. The van der Waals surface area contributed by atoms with E-state index < -0.39 is 0 Å². The summed E-state index contributed by atoms with van der Waals surface area (Å²) in [5.74, 6) is 0.691. The number of fused-ring (bicyclic) bond motifs is 1. The summed E-state index contributed by atoms with van der Waals surface area (Å²) in [6.07, 6.45) is 0.296. The number of carbonyl (C=O) groups excluding carboxylic acids is 1. The van der Waals surface area contributed by atoms with Gasteiger partial charge in [-0.3, -0.25) is 9.48 Å². The van der Waals surface area contributed by atoms with Crippen LogP contribution in [0.4, 0.5) is 5.13 Å². The monoisotopic (exact) mass is 330 g/mol. The van der Waals surface area contributed by atoms with Gasteiger partial charge in [-0.25, -0.2) is 4.98 Å². The third-order valence-electron chi connectivity index (χ3n) is 3.84. The first kappa shape index (κ1) is 15.5. The summed E-state index contributed by atoms with van der Waals surface area (Å²) < 4.78 is 7.98. The number of amides is 1. The van der Waals surface area contributed by atoms with Crippen LogP contribution in [0.3, 0.4) is 0 Å². The highest BCUT2D eigenvalue weighted by Gasteiger charge is 2.15. The smallest absolute Gasteiger partial charge is 0.230 e. The van der Waals surface area contributed by atoms with Crippen molar-refractivity contribution >= 4 is 32.6 Å². The van der Waals surface area contributed by atoms with Crippen molar-refractivity contribution < 1.29 is 9.53 Å². The minimum atomic E-state index is -0.0878. The van der Waals surface area contributed by atoms with Crippen molar-refractivity contribution in [2.45, 2.75) is 20.3 Å². The maximum atomic E-state index is 12.3. The van der Waals surface area contributed by atoms with Gasteiger partial charge in [0.05, 0.1) is 29.4 Å². The number of hydrogen-bond acceptors (Lipinski definition) is 5. The van der Waals surface area contributed by atoms with Gasteiger partial charge in [-0.05, 0) is 32.0 Å². The van der Waals surface area contributed by atoms with Crippen LogP contribution in [0.5, 0.6) is 5.75 Å². The van der Waals surface area contributed by atoms with E-state index >= 15 is 0 Å². The van der Waals surface area contributed by atoms with Crippen LogP contribution >= 0.6 is 11.3 Å². The summed E-state index contributed by atoms with van der Waals surface area (Å²) in [6.45, 7) is 3.88. The largest absolute Gasteiger partial charge is 0.497 e. The molecule has 0 saturated heterocycles. The molecule has 0 unspecified atom stereocenters. The quantitative estimate of drug-likeness (QED) is 0.798. The zero-order valence-corrected chi connectivity index (χ0v) is 14.3. The molecule has 7 heteroatoms. The summed E-state index contributed by atoms with van der Waals surface area (Å²) in [7, 11) is 3.51. The number of aryl methyl sites for hydroxylation is 2. The van der Waals surface area contributed by atoms with Crippen molar-refractivity contribution in [3.05, 3.63) is 35.2 Å². The second-order valence-electron chi connectivity index (χ2n) is 5.35. The Hall–Kier alpha value is -2.41. The van der Waals surface area contributed by atoms with E-state index in [0.29, 0.717) is 11.6 Å². The van der Waals surface area contributed by atoms with E-state index in [2.05, 4.69) is 15.4 Å². The Morgan fingerprint density at radius 1 is 1.39 bits per heavy atom.